The number of rotatable bonds is 8. The Labute approximate surface area is 211 Å². The summed E-state index contributed by atoms with van der Waals surface area (Å²) >= 11 is 6.86. The van der Waals surface area contributed by atoms with Gasteiger partial charge < -0.3 is 14.8 Å². The minimum atomic E-state index is -0.529. The van der Waals surface area contributed by atoms with Crippen molar-refractivity contribution in [3.63, 3.8) is 0 Å². The predicted octanol–water partition coefficient (Wildman–Crippen LogP) is 5.60. The second-order valence-electron chi connectivity index (χ2n) is 7.51. The first-order chi connectivity index (χ1) is 16.9. The third-order valence-electron chi connectivity index (χ3n) is 5.02. The van der Waals surface area contributed by atoms with Gasteiger partial charge in [-0.25, -0.2) is 0 Å². The first kappa shape index (κ1) is 24.4. The van der Waals surface area contributed by atoms with Crippen molar-refractivity contribution >= 4 is 52.2 Å². The highest BCUT2D eigenvalue weighted by molar-refractivity contribution is 8.18. The minimum absolute atomic E-state index is 0.232. The van der Waals surface area contributed by atoms with Crippen LogP contribution in [0.5, 0.6) is 11.5 Å². The lowest BCUT2D eigenvalue weighted by molar-refractivity contribution is -0.127. The lowest BCUT2D eigenvalue weighted by atomic mass is 10.2. The van der Waals surface area contributed by atoms with E-state index in [4.69, 9.17) is 21.1 Å². The average molecular weight is 509 g/mol. The van der Waals surface area contributed by atoms with Crippen LogP contribution in [-0.4, -0.2) is 35.6 Å². The highest BCUT2D eigenvalue weighted by Crippen LogP contribution is 2.33. The van der Waals surface area contributed by atoms with E-state index in [9.17, 15) is 14.4 Å². The van der Waals surface area contributed by atoms with E-state index < -0.39 is 23.6 Å². The van der Waals surface area contributed by atoms with Crippen LogP contribution in [0.15, 0.2) is 77.7 Å². The van der Waals surface area contributed by atoms with Gasteiger partial charge in [0.05, 0.1) is 17.0 Å². The van der Waals surface area contributed by atoms with Gasteiger partial charge in [0.25, 0.3) is 11.1 Å². The molecule has 3 amide bonds. The van der Waals surface area contributed by atoms with Crippen LogP contribution in [0.2, 0.25) is 5.02 Å². The zero-order chi connectivity index (χ0) is 24.8. The number of thioether (sulfide) groups is 1. The summed E-state index contributed by atoms with van der Waals surface area (Å²) in [6, 6.07) is 21.7. The van der Waals surface area contributed by atoms with Gasteiger partial charge in [-0.3, -0.25) is 19.3 Å². The maximum absolute atomic E-state index is 12.8. The molecule has 3 aromatic carbocycles. The summed E-state index contributed by atoms with van der Waals surface area (Å²) in [4.78, 5) is 38.8. The molecule has 0 unspecified atom stereocenters. The number of methoxy groups -OCH3 is 1. The Bertz CT molecular complexity index is 1300. The van der Waals surface area contributed by atoms with E-state index in [2.05, 4.69) is 5.32 Å². The molecule has 0 spiro atoms. The SMILES string of the molecule is COc1ccc(NC(=O)CN2C(=O)S/C(=C/c3cccc(OCc4ccccc4)c3)C2=O)cc1Cl. The van der Waals surface area contributed by atoms with E-state index in [-0.39, 0.29) is 4.91 Å². The minimum Gasteiger partial charge on any atom is -0.495 e. The van der Waals surface area contributed by atoms with Gasteiger partial charge in [-0.2, -0.15) is 0 Å². The van der Waals surface area contributed by atoms with Gasteiger partial charge in [-0.1, -0.05) is 54.1 Å². The van der Waals surface area contributed by atoms with E-state index >= 15 is 0 Å². The number of anilines is 1. The van der Waals surface area contributed by atoms with Crippen molar-refractivity contribution in [1.29, 1.82) is 0 Å². The van der Waals surface area contributed by atoms with Crippen molar-refractivity contribution in [1.82, 2.24) is 4.90 Å². The monoisotopic (exact) mass is 508 g/mol. The van der Waals surface area contributed by atoms with Gasteiger partial charge in [0.15, 0.2) is 0 Å². The number of ether oxygens (including phenoxy) is 2. The molecule has 1 saturated heterocycles. The van der Waals surface area contributed by atoms with Crippen LogP contribution in [0, 0.1) is 0 Å². The molecule has 35 heavy (non-hydrogen) atoms. The first-order valence-corrected chi connectivity index (χ1v) is 11.8. The Morgan fingerprint density at radius 3 is 2.60 bits per heavy atom. The largest absolute Gasteiger partial charge is 0.495 e. The van der Waals surface area contributed by atoms with E-state index in [1.54, 1.807) is 24.3 Å². The number of hydrogen-bond acceptors (Lipinski definition) is 6. The Morgan fingerprint density at radius 1 is 1.06 bits per heavy atom. The molecule has 4 rings (SSSR count). The fourth-order valence-electron chi connectivity index (χ4n) is 3.31. The lowest BCUT2D eigenvalue weighted by Gasteiger charge is -2.13. The number of halogens is 1. The van der Waals surface area contributed by atoms with Gasteiger partial charge in [0, 0.05) is 5.69 Å². The average Bonchev–Trinajstić information content (AvgIpc) is 3.11. The molecule has 178 valence electrons. The van der Waals surface area contributed by atoms with Gasteiger partial charge >= 0.3 is 0 Å². The van der Waals surface area contributed by atoms with Gasteiger partial charge in [-0.15, -0.1) is 0 Å². The van der Waals surface area contributed by atoms with E-state index in [1.165, 1.54) is 13.2 Å². The summed E-state index contributed by atoms with van der Waals surface area (Å²) in [5.74, 6) is 0.0549. The van der Waals surface area contributed by atoms with Gasteiger partial charge in [0.2, 0.25) is 5.91 Å². The molecule has 1 aliphatic heterocycles. The van der Waals surface area contributed by atoms with Crippen LogP contribution in [0.4, 0.5) is 10.5 Å². The van der Waals surface area contributed by atoms with Crippen LogP contribution in [-0.2, 0) is 16.2 Å². The maximum atomic E-state index is 12.8. The zero-order valence-corrected chi connectivity index (χ0v) is 20.3. The molecule has 7 nitrogen and oxygen atoms in total. The summed E-state index contributed by atoms with van der Waals surface area (Å²) in [5, 5.41) is 2.45. The maximum Gasteiger partial charge on any atom is 0.294 e. The number of nitrogens with one attached hydrogen (secondary N) is 1. The summed E-state index contributed by atoms with van der Waals surface area (Å²) < 4.78 is 10.9. The number of amides is 3. The van der Waals surface area contributed by atoms with E-state index in [0.717, 1.165) is 22.2 Å². The quantitative estimate of drug-likeness (QED) is 0.398. The van der Waals surface area contributed by atoms with Gasteiger partial charge in [-0.05, 0) is 59.3 Å². The fourth-order valence-corrected chi connectivity index (χ4v) is 4.41. The number of nitrogens with zero attached hydrogens (tertiary/aromatic N) is 1. The van der Waals surface area contributed by atoms with Crippen molar-refractivity contribution in [2.24, 2.45) is 0 Å². The third-order valence-corrected chi connectivity index (χ3v) is 6.22. The molecule has 1 heterocycles. The number of carbonyl (C=O) groups is 3. The summed E-state index contributed by atoms with van der Waals surface area (Å²) in [6.45, 7) is 0.00120. The second-order valence-corrected chi connectivity index (χ2v) is 8.91. The molecule has 0 radical (unpaired) electrons. The van der Waals surface area contributed by atoms with Crippen molar-refractivity contribution in [2.75, 3.05) is 19.0 Å². The summed E-state index contributed by atoms with van der Waals surface area (Å²) in [7, 11) is 1.49. The smallest absolute Gasteiger partial charge is 0.294 e. The fraction of sp³-hybridized carbons (Fsp3) is 0.115. The summed E-state index contributed by atoms with van der Waals surface area (Å²) in [5.41, 5.74) is 2.17. The summed E-state index contributed by atoms with van der Waals surface area (Å²) in [6.07, 6.45) is 1.61. The second kappa shape index (κ2) is 11.1. The molecule has 9 heteroatoms. The number of hydrogen-bond donors (Lipinski definition) is 1. The molecular formula is C26H21ClN2O5S. The number of carbonyl (C=O) groups excluding carboxylic acids is 3. The van der Waals surface area contributed by atoms with Crippen molar-refractivity contribution in [2.45, 2.75) is 6.61 Å². The molecular weight excluding hydrogens is 488 g/mol. The highest BCUT2D eigenvalue weighted by Gasteiger charge is 2.36. The van der Waals surface area contributed by atoms with Crippen molar-refractivity contribution in [3.8, 4) is 11.5 Å². The zero-order valence-electron chi connectivity index (χ0n) is 18.7. The molecule has 1 N–H and O–H groups in total. The molecule has 1 fully saturated rings. The normalized spacial score (nSPS) is 14.3. The third kappa shape index (κ3) is 6.23. The van der Waals surface area contributed by atoms with Crippen LogP contribution >= 0.6 is 23.4 Å². The van der Waals surface area contributed by atoms with E-state index in [1.807, 2.05) is 48.5 Å². The highest BCUT2D eigenvalue weighted by atomic mass is 35.5. The van der Waals surface area contributed by atoms with Crippen LogP contribution < -0.4 is 14.8 Å². The first-order valence-electron chi connectivity index (χ1n) is 10.6. The Hall–Kier alpha value is -3.75. The molecule has 3 aromatic rings. The van der Waals surface area contributed by atoms with Gasteiger partial charge in [0.1, 0.15) is 24.7 Å². The topological polar surface area (TPSA) is 84.9 Å². The Balaban J connectivity index is 1.39. The van der Waals surface area contributed by atoms with Crippen molar-refractivity contribution in [3.05, 3.63) is 93.9 Å². The molecule has 0 atom stereocenters. The molecule has 0 aromatic heterocycles. The molecule has 1 aliphatic rings. The predicted molar refractivity (Wildman–Crippen MR) is 137 cm³/mol. The number of imide groups is 1. The lowest BCUT2D eigenvalue weighted by Crippen LogP contribution is -2.36. The standard InChI is InChI=1S/C26H21ClN2O5S/c1-33-22-11-10-19(14-21(22)27)28-24(30)15-29-25(31)23(35-26(29)32)13-18-8-5-9-20(12-18)34-16-17-6-3-2-4-7-17/h2-14H,15-16H2,1H3,(H,28,30)/b23-13+. The Morgan fingerprint density at radius 2 is 1.86 bits per heavy atom. The molecule has 0 aliphatic carbocycles. The van der Waals surface area contributed by atoms with Crippen LogP contribution in [0.1, 0.15) is 11.1 Å². The van der Waals surface area contributed by atoms with E-state index in [0.29, 0.717) is 34.4 Å². The van der Waals surface area contributed by atoms with Crippen molar-refractivity contribution < 1.29 is 23.9 Å². The number of benzene rings is 3. The Kier molecular flexibility index (Phi) is 7.74. The molecule has 0 bridgehead atoms. The van der Waals surface area contributed by atoms with Crippen LogP contribution in [0.3, 0.4) is 0 Å². The molecule has 0 saturated carbocycles. The van der Waals surface area contributed by atoms with Crippen LogP contribution in [0.25, 0.3) is 6.08 Å².